The van der Waals surface area contributed by atoms with Crippen LogP contribution >= 0.6 is 0 Å². The molecule has 1 aromatic rings. The summed E-state index contributed by atoms with van der Waals surface area (Å²) in [5, 5.41) is 6.30. The van der Waals surface area contributed by atoms with Gasteiger partial charge >= 0.3 is 0 Å². The van der Waals surface area contributed by atoms with Crippen LogP contribution in [0.3, 0.4) is 0 Å². The standard InChI is InChI=1S/C15H23N3O/c1-12(19)17-14-7-5-13(6-8-14)10-18(2)11-15-4-3-9-16-15/h5-8,15-16H,3-4,9-11H2,1-2H3,(H,17,19). The first-order chi connectivity index (χ1) is 9.13. The number of nitrogens with one attached hydrogen (secondary N) is 2. The van der Waals surface area contributed by atoms with Crippen molar-refractivity contribution in [1.82, 2.24) is 10.2 Å². The highest BCUT2D eigenvalue weighted by atomic mass is 16.1. The molecule has 1 unspecified atom stereocenters. The van der Waals surface area contributed by atoms with Crippen molar-refractivity contribution in [2.45, 2.75) is 32.4 Å². The fourth-order valence-corrected chi connectivity index (χ4v) is 2.56. The number of hydrogen-bond acceptors (Lipinski definition) is 3. The molecule has 1 atom stereocenters. The number of anilines is 1. The zero-order valence-electron chi connectivity index (χ0n) is 11.8. The molecule has 1 aliphatic heterocycles. The monoisotopic (exact) mass is 261 g/mol. The molecule has 104 valence electrons. The highest BCUT2D eigenvalue weighted by Crippen LogP contribution is 2.12. The van der Waals surface area contributed by atoms with Crippen LogP contribution in [0.5, 0.6) is 0 Å². The number of hydrogen-bond donors (Lipinski definition) is 2. The summed E-state index contributed by atoms with van der Waals surface area (Å²) in [5.74, 6) is -0.0304. The van der Waals surface area contributed by atoms with Gasteiger partial charge in [0.05, 0.1) is 0 Å². The van der Waals surface area contributed by atoms with Crippen molar-refractivity contribution in [2.75, 3.05) is 25.5 Å². The largest absolute Gasteiger partial charge is 0.326 e. The Morgan fingerprint density at radius 2 is 2.16 bits per heavy atom. The molecule has 0 aromatic heterocycles. The van der Waals surface area contributed by atoms with E-state index in [0.717, 1.165) is 25.3 Å². The zero-order chi connectivity index (χ0) is 13.7. The minimum absolute atomic E-state index is 0.0304. The Hall–Kier alpha value is -1.39. The maximum absolute atomic E-state index is 10.9. The predicted octanol–water partition coefficient (Wildman–Crippen LogP) is 1.83. The van der Waals surface area contributed by atoms with E-state index >= 15 is 0 Å². The van der Waals surface area contributed by atoms with Gasteiger partial charge < -0.3 is 15.5 Å². The van der Waals surface area contributed by atoms with Crippen molar-refractivity contribution in [1.29, 1.82) is 0 Å². The lowest BCUT2D eigenvalue weighted by Crippen LogP contribution is -2.34. The quantitative estimate of drug-likeness (QED) is 0.850. The summed E-state index contributed by atoms with van der Waals surface area (Å²) >= 11 is 0. The van der Waals surface area contributed by atoms with E-state index < -0.39 is 0 Å². The number of amides is 1. The summed E-state index contributed by atoms with van der Waals surface area (Å²) in [6.07, 6.45) is 2.58. The molecule has 0 spiro atoms. The first kappa shape index (κ1) is 14.0. The molecule has 4 nitrogen and oxygen atoms in total. The lowest BCUT2D eigenvalue weighted by Gasteiger charge is -2.21. The first-order valence-corrected chi connectivity index (χ1v) is 6.92. The van der Waals surface area contributed by atoms with E-state index in [-0.39, 0.29) is 5.91 Å². The minimum atomic E-state index is -0.0304. The first-order valence-electron chi connectivity index (χ1n) is 6.92. The molecule has 0 radical (unpaired) electrons. The van der Waals surface area contributed by atoms with Gasteiger partial charge in [-0.05, 0) is 44.1 Å². The van der Waals surface area contributed by atoms with Crippen molar-refractivity contribution >= 4 is 11.6 Å². The van der Waals surface area contributed by atoms with Crippen LogP contribution < -0.4 is 10.6 Å². The number of likely N-dealkylation sites (N-methyl/N-ethyl adjacent to an activating group) is 1. The zero-order valence-corrected chi connectivity index (χ0v) is 11.8. The fraction of sp³-hybridized carbons (Fsp3) is 0.533. The Balaban J connectivity index is 1.82. The van der Waals surface area contributed by atoms with Crippen molar-refractivity contribution in [3.05, 3.63) is 29.8 Å². The fourth-order valence-electron chi connectivity index (χ4n) is 2.56. The Bertz CT molecular complexity index is 410. The third-order valence-corrected chi connectivity index (χ3v) is 3.42. The summed E-state index contributed by atoms with van der Waals surface area (Å²) in [7, 11) is 2.15. The summed E-state index contributed by atoms with van der Waals surface area (Å²) in [4.78, 5) is 13.3. The van der Waals surface area contributed by atoms with E-state index in [1.807, 2.05) is 12.1 Å². The Kier molecular flexibility index (Phi) is 4.93. The molecular formula is C15H23N3O. The van der Waals surface area contributed by atoms with Crippen LogP contribution in [-0.2, 0) is 11.3 Å². The van der Waals surface area contributed by atoms with Gasteiger partial charge in [0.25, 0.3) is 0 Å². The molecule has 0 bridgehead atoms. The van der Waals surface area contributed by atoms with Gasteiger partial charge in [-0.2, -0.15) is 0 Å². The second-order valence-electron chi connectivity index (χ2n) is 5.37. The maximum Gasteiger partial charge on any atom is 0.221 e. The molecule has 4 heteroatoms. The van der Waals surface area contributed by atoms with Gasteiger partial charge in [0.1, 0.15) is 0 Å². The summed E-state index contributed by atoms with van der Waals surface area (Å²) in [5.41, 5.74) is 2.13. The molecular weight excluding hydrogens is 238 g/mol. The van der Waals surface area contributed by atoms with E-state index in [0.29, 0.717) is 6.04 Å². The lowest BCUT2D eigenvalue weighted by atomic mass is 10.1. The van der Waals surface area contributed by atoms with Crippen LogP contribution in [0.1, 0.15) is 25.3 Å². The third-order valence-electron chi connectivity index (χ3n) is 3.42. The van der Waals surface area contributed by atoms with E-state index in [1.165, 1.54) is 25.3 Å². The Labute approximate surface area is 115 Å². The van der Waals surface area contributed by atoms with Gasteiger partial charge in [-0.25, -0.2) is 0 Å². The van der Waals surface area contributed by atoms with Crippen LogP contribution in [-0.4, -0.2) is 37.0 Å². The molecule has 2 N–H and O–H groups in total. The van der Waals surface area contributed by atoms with Crippen molar-refractivity contribution in [3.8, 4) is 0 Å². The Morgan fingerprint density at radius 3 is 2.74 bits per heavy atom. The van der Waals surface area contributed by atoms with Crippen LogP contribution in [0.4, 0.5) is 5.69 Å². The molecule has 1 heterocycles. The van der Waals surface area contributed by atoms with E-state index in [4.69, 9.17) is 0 Å². The van der Waals surface area contributed by atoms with Crippen LogP contribution in [0.15, 0.2) is 24.3 Å². The van der Waals surface area contributed by atoms with Gasteiger partial charge in [0, 0.05) is 31.7 Å². The summed E-state index contributed by atoms with van der Waals surface area (Å²) in [6, 6.07) is 8.70. The summed E-state index contributed by atoms with van der Waals surface area (Å²) in [6.45, 7) is 4.71. The topological polar surface area (TPSA) is 44.4 Å². The molecule has 2 rings (SSSR count). The number of rotatable bonds is 5. The molecule has 1 aromatic carbocycles. The molecule has 0 saturated carbocycles. The molecule has 1 aliphatic rings. The number of carbonyl (C=O) groups is 1. The second-order valence-corrected chi connectivity index (χ2v) is 5.37. The highest BCUT2D eigenvalue weighted by Gasteiger charge is 2.15. The van der Waals surface area contributed by atoms with Crippen LogP contribution in [0, 0.1) is 0 Å². The average molecular weight is 261 g/mol. The van der Waals surface area contributed by atoms with Gasteiger partial charge in [0.15, 0.2) is 0 Å². The number of nitrogens with zero attached hydrogens (tertiary/aromatic N) is 1. The van der Waals surface area contributed by atoms with Gasteiger partial charge in [-0.1, -0.05) is 12.1 Å². The van der Waals surface area contributed by atoms with Crippen molar-refractivity contribution in [3.63, 3.8) is 0 Å². The second kappa shape index (κ2) is 6.68. The molecule has 1 fully saturated rings. The minimum Gasteiger partial charge on any atom is -0.326 e. The van der Waals surface area contributed by atoms with Gasteiger partial charge in [0.2, 0.25) is 5.91 Å². The van der Waals surface area contributed by atoms with E-state index in [1.54, 1.807) is 0 Å². The molecule has 1 saturated heterocycles. The Morgan fingerprint density at radius 1 is 1.42 bits per heavy atom. The normalized spacial score (nSPS) is 18.8. The number of carbonyl (C=O) groups excluding carboxylic acids is 1. The SMILES string of the molecule is CC(=O)Nc1ccc(CN(C)CC2CCCN2)cc1. The average Bonchev–Trinajstić information content (AvgIpc) is 2.83. The third kappa shape index (κ3) is 4.65. The van der Waals surface area contributed by atoms with Crippen molar-refractivity contribution < 1.29 is 4.79 Å². The molecule has 1 amide bonds. The number of benzene rings is 1. The van der Waals surface area contributed by atoms with Crippen molar-refractivity contribution in [2.24, 2.45) is 0 Å². The van der Waals surface area contributed by atoms with E-state index in [2.05, 4.69) is 34.7 Å². The van der Waals surface area contributed by atoms with Gasteiger partial charge in [-0.15, -0.1) is 0 Å². The molecule has 0 aliphatic carbocycles. The lowest BCUT2D eigenvalue weighted by molar-refractivity contribution is -0.114. The van der Waals surface area contributed by atoms with Crippen LogP contribution in [0.25, 0.3) is 0 Å². The highest BCUT2D eigenvalue weighted by molar-refractivity contribution is 5.88. The van der Waals surface area contributed by atoms with Crippen LogP contribution in [0.2, 0.25) is 0 Å². The predicted molar refractivity (Wildman–Crippen MR) is 78.1 cm³/mol. The smallest absolute Gasteiger partial charge is 0.221 e. The molecule has 19 heavy (non-hydrogen) atoms. The summed E-state index contributed by atoms with van der Waals surface area (Å²) < 4.78 is 0. The van der Waals surface area contributed by atoms with E-state index in [9.17, 15) is 4.79 Å². The van der Waals surface area contributed by atoms with Gasteiger partial charge in [-0.3, -0.25) is 4.79 Å². The maximum atomic E-state index is 10.9.